The summed E-state index contributed by atoms with van der Waals surface area (Å²) < 4.78 is 0. The van der Waals surface area contributed by atoms with Crippen molar-refractivity contribution in [3.05, 3.63) is 30.3 Å². The number of para-hydroxylation sites is 1. The summed E-state index contributed by atoms with van der Waals surface area (Å²) in [4.78, 5) is 6.56. The lowest BCUT2D eigenvalue weighted by Crippen LogP contribution is -2.33. The van der Waals surface area contributed by atoms with Crippen LogP contribution in [-0.2, 0) is 0 Å². The highest BCUT2D eigenvalue weighted by molar-refractivity contribution is 5.78. The monoisotopic (exact) mass is 246 g/mol. The summed E-state index contributed by atoms with van der Waals surface area (Å²) in [5.41, 5.74) is 7.01. The summed E-state index contributed by atoms with van der Waals surface area (Å²) in [5.74, 6) is 0.597. The molecule has 4 heteroatoms. The molecule has 3 N–H and O–H groups in total. The smallest absolute Gasteiger partial charge is 0.188 e. The topological polar surface area (TPSA) is 53.6 Å². The van der Waals surface area contributed by atoms with Crippen LogP contribution in [0, 0.1) is 0 Å². The van der Waals surface area contributed by atoms with E-state index in [0.29, 0.717) is 12.0 Å². The van der Waals surface area contributed by atoms with E-state index in [9.17, 15) is 0 Å². The molecule has 1 fully saturated rings. The van der Waals surface area contributed by atoms with Crippen LogP contribution in [0.3, 0.4) is 0 Å². The molecular weight excluding hydrogens is 224 g/mol. The van der Waals surface area contributed by atoms with Gasteiger partial charge in [0.2, 0.25) is 0 Å². The highest BCUT2D eigenvalue weighted by atomic mass is 15.1. The zero-order valence-electron chi connectivity index (χ0n) is 11.0. The van der Waals surface area contributed by atoms with Crippen molar-refractivity contribution in [1.82, 2.24) is 5.32 Å². The molecule has 0 radical (unpaired) electrons. The highest BCUT2D eigenvalue weighted by Crippen LogP contribution is 2.18. The van der Waals surface area contributed by atoms with Crippen molar-refractivity contribution in [2.24, 2.45) is 10.7 Å². The van der Waals surface area contributed by atoms with Crippen LogP contribution < -0.4 is 16.0 Å². The molecule has 2 rings (SSSR count). The van der Waals surface area contributed by atoms with Gasteiger partial charge < -0.3 is 16.0 Å². The summed E-state index contributed by atoms with van der Waals surface area (Å²) in [6.45, 7) is 1.77. The van der Waals surface area contributed by atoms with Gasteiger partial charge in [0.05, 0.1) is 0 Å². The minimum absolute atomic E-state index is 0.584. The van der Waals surface area contributed by atoms with Crippen molar-refractivity contribution < 1.29 is 0 Å². The molecule has 0 bridgehead atoms. The standard InChI is InChI=1S/C14H22N4/c1-18(13-6-3-2-4-7-13)11-5-10-16-14(15)17-12-8-9-12/h2-4,6-7,12H,5,8-11H2,1H3,(H3,15,16,17). The lowest BCUT2D eigenvalue weighted by molar-refractivity contribution is 0.786. The number of nitrogens with zero attached hydrogens (tertiary/aromatic N) is 2. The second kappa shape index (κ2) is 6.28. The molecule has 0 saturated heterocycles. The largest absolute Gasteiger partial charge is 0.375 e. The van der Waals surface area contributed by atoms with Crippen LogP contribution in [0.15, 0.2) is 35.3 Å². The summed E-state index contributed by atoms with van der Waals surface area (Å²) in [6.07, 6.45) is 3.47. The van der Waals surface area contributed by atoms with Crippen molar-refractivity contribution in [3.63, 3.8) is 0 Å². The molecule has 0 aromatic heterocycles. The van der Waals surface area contributed by atoms with E-state index in [-0.39, 0.29) is 0 Å². The average molecular weight is 246 g/mol. The number of anilines is 1. The van der Waals surface area contributed by atoms with Crippen LogP contribution in [0.4, 0.5) is 5.69 Å². The van der Waals surface area contributed by atoms with Gasteiger partial charge >= 0.3 is 0 Å². The number of hydrogen-bond donors (Lipinski definition) is 2. The molecule has 0 unspecified atom stereocenters. The molecule has 1 aliphatic rings. The first-order valence-corrected chi connectivity index (χ1v) is 6.58. The summed E-state index contributed by atoms with van der Waals surface area (Å²) >= 11 is 0. The molecule has 0 atom stereocenters. The number of rotatable bonds is 6. The summed E-state index contributed by atoms with van der Waals surface area (Å²) in [6, 6.07) is 11.0. The zero-order valence-corrected chi connectivity index (χ0v) is 11.0. The lowest BCUT2D eigenvalue weighted by Gasteiger charge is -2.18. The van der Waals surface area contributed by atoms with Crippen molar-refractivity contribution in [2.45, 2.75) is 25.3 Å². The fraction of sp³-hybridized carbons (Fsp3) is 0.500. The number of nitrogens with one attached hydrogen (secondary N) is 1. The third kappa shape index (κ3) is 4.28. The quantitative estimate of drug-likeness (QED) is 0.455. The van der Waals surface area contributed by atoms with Crippen LogP contribution in [-0.4, -0.2) is 32.1 Å². The van der Waals surface area contributed by atoms with Gasteiger partial charge in [-0.1, -0.05) is 18.2 Å². The Morgan fingerprint density at radius 2 is 2.11 bits per heavy atom. The van der Waals surface area contributed by atoms with Gasteiger partial charge in [0.15, 0.2) is 5.96 Å². The number of benzene rings is 1. The number of aliphatic imine (C=N–C) groups is 1. The molecule has 1 saturated carbocycles. The van der Waals surface area contributed by atoms with Crippen molar-refractivity contribution in [3.8, 4) is 0 Å². The Hall–Kier alpha value is -1.71. The Balaban J connectivity index is 1.65. The Labute approximate surface area is 109 Å². The summed E-state index contributed by atoms with van der Waals surface area (Å²) in [5, 5.41) is 3.19. The average Bonchev–Trinajstić information content (AvgIpc) is 3.19. The van der Waals surface area contributed by atoms with Gasteiger partial charge in [-0.25, -0.2) is 0 Å². The summed E-state index contributed by atoms with van der Waals surface area (Å²) in [7, 11) is 2.10. The predicted octanol–water partition coefficient (Wildman–Crippen LogP) is 1.58. The van der Waals surface area contributed by atoms with Crippen LogP contribution in [0.5, 0.6) is 0 Å². The maximum Gasteiger partial charge on any atom is 0.188 e. The van der Waals surface area contributed by atoms with Crippen LogP contribution >= 0.6 is 0 Å². The first kappa shape index (κ1) is 12.7. The maximum atomic E-state index is 5.77. The number of nitrogens with two attached hydrogens (primary N) is 1. The molecular formula is C14H22N4. The molecule has 0 heterocycles. The number of guanidine groups is 1. The molecule has 1 aromatic rings. The molecule has 0 spiro atoms. The first-order chi connectivity index (χ1) is 8.75. The minimum Gasteiger partial charge on any atom is -0.375 e. The van der Waals surface area contributed by atoms with E-state index in [1.807, 2.05) is 6.07 Å². The van der Waals surface area contributed by atoms with E-state index in [1.54, 1.807) is 0 Å². The lowest BCUT2D eigenvalue weighted by atomic mass is 10.3. The first-order valence-electron chi connectivity index (χ1n) is 6.58. The van der Waals surface area contributed by atoms with Gasteiger partial charge in [-0.2, -0.15) is 0 Å². The van der Waals surface area contributed by atoms with Gasteiger partial charge in [-0.15, -0.1) is 0 Å². The van der Waals surface area contributed by atoms with Gasteiger partial charge in [0.1, 0.15) is 0 Å². The van der Waals surface area contributed by atoms with Crippen LogP contribution in [0.2, 0.25) is 0 Å². The molecule has 1 aromatic carbocycles. The minimum atomic E-state index is 0.584. The second-order valence-corrected chi connectivity index (χ2v) is 4.80. The number of hydrogen-bond acceptors (Lipinski definition) is 2. The molecule has 98 valence electrons. The third-order valence-corrected chi connectivity index (χ3v) is 3.06. The van der Waals surface area contributed by atoms with Crippen molar-refractivity contribution in [1.29, 1.82) is 0 Å². The van der Waals surface area contributed by atoms with Crippen LogP contribution in [0.25, 0.3) is 0 Å². The Morgan fingerprint density at radius 3 is 2.78 bits per heavy atom. The zero-order chi connectivity index (χ0) is 12.8. The van der Waals surface area contributed by atoms with Crippen LogP contribution in [0.1, 0.15) is 19.3 Å². The third-order valence-electron chi connectivity index (χ3n) is 3.06. The Morgan fingerprint density at radius 1 is 1.39 bits per heavy atom. The Bertz CT molecular complexity index is 384. The van der Waals surface area contributed by atoms with E-state index >= 15 is 0 Å². The van der Waals surface area contributed by atoms with Gasteiger partial charge in [0.25, 0.3) is 0 Å². The normalized spacial score (nSPS) is 15.5. The fourth-order valence-electron chi connectivity index (χ4n) is 1.80. The van der Waals surface area contributed by atoms with E-state index in [4.69, 9.17) is 5.73 Å². The van der Waals surface area contributed by atoms with E-state index in [0.717, 1.165) is 19.5 Å². The van der Waals surface area contributed by atoms with Gasteiger partial charge in [-0.3, -0.25) is 4.99 Å². The fourth-order valence-corrected chi connectivity index (χ4v) is 1.80. The van der Waals surface area contributed by atoms with Crippen molar-refractivity contribution in [2.75, 3.05) is 25.0 Å². The predicted molar refractivity (Wildman–Crippen MR) is 77.0 cm³/mol. The molecule has 0 amide bonds. The van der Waals surface area contributed by atoms with Gasteiger partial charge in [-0.05, 0) is 31.4 Å². The molecule has 1 aliphatic carbocycles. The maximum absolute atomic E-state index is 5.77. The highest BCUT2D eigenvalue weighted by Gasteiger charge is 2.21. The molecule has 0 aliphatic heterocycles. The van der Waals surface area contributed by atoms with E-state index in [1.165, 1.54) is 18.5 Å². The van der Waals surface area contributed by atoms with E-state index < -0.39 is 0 Å². The second-order valence-electron chi connectivity index (χ2n) is 4.80. The van der Waals surface area contributed by atoms with Crippen molar-refractivity contribution >= 4 is 11.6 Å². The Kier molecular flexibility index (Phi) is 4.45. The SMILES string of the molecule is CN(CCCN=C(N)NC1CC1)c1ccccc1. The van der Waals surface area contributed by atoms with E-state index in [2.05, 4.69) is 46.5 Å². The van der Waals surface area contributed by atoms with Gasteiger partial charge in [0, 0.05) is 31.9 Å². The molecule has 18 heavy (non-hydrogen) atoms. The molecule has 4 nitrogen and oxygen atoms in total.